The van der Waals surface area contributed by atoms with E-state index in [1.54, 1.807) is 62.1 Å². The third-order valence-electron chi connectivity index (χ3n) is 9.59. The molecule has 59 heavy (non-hydrogen) atoms. The predicted molar refractivity (Wildman–Crippen MR) is 220 cm³/mol. The molecular weight excluding hydrogens is 777 g/mol. The van der Waals surface area contributed by atoms with E-state index in [4.69, 9.17) is 23.5 Å². The van der Waals surface area contributed by atoms with Crippen LogP contribution in [0.15, 0.2) is 101 Å². The maximum absolute atomic E-state index is 14.0. The van der Waals surface area contributed by atoms with Crippen LogP contribution in [-0.4, -0.2) is 68.0 Å². The zero-order chi connectivity index (χ0) is 41.7. The molecule has 4 aromatic carbocycles. The lowest BCUT2D eigenvalue weighted by molar-refractivity contribution is 0.0523. The van der Waals surface area contributed by atoms with Crippen LogP contribution < -0.4 is 24.8 Å². The number of aryl methyl sites for hydroxylation is 1. The number of anilines is 1. The van der Waals surface area contributed by atoms with Gasteiger partial charge in [-0.1, -0.05) is 66.7 Å². The topological polar surface area (TPSA) is 185 Å². The number of sulfonamides is 1. The minimum absolute atomic E-state index is 0.0281. The number of nitrogens with one attached hydrogen (secondary N) is 3. The molecule has 308 valence electrons. The Hall–Kier alpha value is -6.55. The Morgan fingerprint density at radius 1 is 0.881 bits per heavy atom. The van der Waals surface area contributed by atoms with E-state index in [2.05, 4.69) is 37.7 Å². The Morgan fingerprint density at radius 3 is 2.31 bits per heavy atom. The van der Waals surface area contributed by atoms with Crippen molar-refractivity contribution in [3.05, 3.63) is 119 Å². The van der Waals surface area contributed by atoms with Crippen LogP contribution in [0.25, 0.3) is 22.1 Å². The third kappa shape index (κ3) is 9.44. The smallest absolute Gasteiger partial charge is 0.407 e. The second-order valence-electron chi connectivity index (χ2n) is 14.9. The van der Waals surface area contributed by atoms with Gasteiger partial charge in [0.05, 0.1) is 26.4 Å². The van der Waals surface area contributed by atoms with E-state index < -0.39 is 27.8 Å². The monoisotopic (exact) mass is 822 g/mol. The van der Waals surface area contributed by atoms with Gasteiger partial charge in [-0.05, 0) is 84.8 Å². The van der Waals surface area contributed by atoms with Crippen LogP contribution in [0.4, 0.5) is 15.4 Å². The molecule has 0 saturated carbocycles. The summed E-state index contributed by atoms with van der Waals surface area (Å²) in [5.41, 5.74) is 6.44. The van der Waals surface area contributed by atoms with E-state index in [9.17, 15) is 18.0 Å². The molecule has 1 aliphatic rings. The summed E-state index contributed by atoms with van der Waals surface area (Å²) < 4.78 is 60.3. The fourth-order valence-corrected chi connectivity index (χ4v) is 8.12. The quantitative estimate of drug-likeness (QED) is 0.0878. The average molecular weight is 823 g/mol. The number of carbonyl (C=O) groups excluding carboxylic acids is 2. The van der Waals surface area contributed by atoms with Crippen LogP contribution in [-0.2, 0) is 39.0 Å². The minimum Gasteiger partial charge on any atom is -0.496 e. The Balaban J connectivity index is 0.978. The van der Waals surface area contributed by atoms with E-state index >= 15 is 0 Å². The highest BCUT2D eigenvalue weighted by atomic mass is 32.2. The van der Waals surface area contributed by atoms with Gasteiger partial charge >= 0.3 is 12.2 Å². The number of ether oxygens (including phenoxy) is 4. The molecule has 0 saturated heterocycles. The Kier molecular flexibility index (Phi) is 11.8. The summed E-state index contributed by atoms with van der Waals surface area (Å²) in [6.07, 6.45) is 2.87. The zero-order valence-corrected chi connectivity index (χ0v) is 34.2. The maximum atomic E-state index is 14.0. The van der Waals surface area contributed by atoms with Crippen molar-refractivity contribution >= 4 is 39.0 Å². The first-order valence-electron chi connectivity index (χ1n) is 19.1. The third-order valence-corrected chi connectivity index (χ3v) is 11.0. The van der Waals surface area contributed by atoms with Gasteiger partial charge in [0.2, 0.25) is 0 Å². The molecule has 6 aromatic rings. The van der Waals surface area contributed by atoms with Crippen molar-refractivity contribution in [2.75, 3.05) is 31.6 Å². The van der Waals surface area contributed by atoms with E-state index in [1.165, 1.54) is 13.2 Å². The van der Waals surface area contributed by atoms with E-state index in [0.717, 1.165) is 38.9 Å². The van der Waals surface area contributed by atoms with Crippen LogP contribution in [0.1, 0.15) is 61.4 Å². The minimum atomic E-state index is -4.28. The SMILES string of the molecule is CCc1ccc(OCCNC(=O)OCC2c3ccccc3-c3ccccc32)c(S(=O)(=O)Nc2noc3cc(Cn4cc(CNC(=O)OC(C)(C)C)cn4)cc(OC)c23)c1. The molecule has 0 spiro atoms. The number of hydrogen-bond donors (Lipinski definition) is 3. The van der Waals surface area contributed by atoms with E-state index in [1.807, 2.05) is 43.3 Å². The van der Waals surface area contributed by atoms with Gasteiger partial charge in [0.1, 0.15) is 40.6 Å². The second kappa shape index (κ2) is 17.1. The Bertz CT molecular complexity index is 2550. The van der Waals surface area contributed by atoms with Crippen LogP contribution in [0.5, 0.6) is 11.5 Å². The molecule has 16 heteroatoms. The van der Waals surface area contributed by atoms with Crippen LogP contribution in [0.2, 0.25) is 0 Å². The second-order valence-corrected chi connectivity index (χ2v) is 16.6. The fraction of sp³-hybridized carbons (Fsp3) is 0.302. The summed E-state index contributed by atoms with van der Waals surface area (Å²) in [5, 5.41) is 14.2. The lowest BCUT2D eigenvalue weighted by Gasteiger charge is -2.19. The standard InChI is InChI=1S/C43H46N6O9S/c1-6-27-15-16-35(55-18-17-44-41(50)56-26-34-32-13-9-7-11-30(32)31-12-8-10-14-33(31)34)38(21-27)59(52,53)48-40-39-36(54-5)19-28(20-37(39)58-47-40)24-49-25-29(23-46-49)22-45-42(51)57-43(2,3)4/h7-16,19-21,23,25,34H,6,17-18,22,24,26H2,1-5H3,(H,44,50)(H,45,51)(H,47,48). The predicted octanol–water partition coefficient (Wildman–Crippen LogP) is 7.39. The van der Waals surface area contributed by atoms with E-state index in [-0.39, 0.29) is 54.3 Å². The molecule has 3 N–H and O–H groups in total. The number of amides is 2. The summed E-state index contributed by atoms with van der Waals surface area (Å²) >= 11 is 0. The van der Waals surface area contributed by atoms with Crippen molar-refractivity contribution in [1.29, 1.82) is 0 Å². The van der Waals surface area contributed by atoms with Gasteiger partial charge in [-0.15, -0.1) is 0 Å². The van der Waals surface area contributed by atoms with Crippen LogP contribution in [0.3, 0.4) is 0 Å². The number of benzene rings is 4. The van der Waals surface area contributed by atoms with Crippen molar-refractivity contribution in [3.63, 3.8) is 0 Å². The molecule has 0 radical (unpaired) electrons. The number of hydrogen-bond acceptors (Lipinski definition) is 11. The van der Waals surface area contributed by atoms with Gasteiger partial charge in [-0.2, -0.15) is 5.10 Å². The fourth-order valence-electron chi connectivity index (χ4n) is 6.92. The van der Waals surface area contributed by atoms with Crippen LogP contribution >= 0.6 is 0 Å². The number of aromatic nitrogens is 3. The molecule has 0 bridgehead atoms. The summed E-state index contributed by atoms with van der Waals surface area (Å²) in [7, 11) is -2.82. The Labute approximate surface area is 342 Å². The van der Waals surface area contributed by atoms with Crippen molar-refractivity contribution in [2.45, 2.75) is 63.6 Å². The lowest BCUT2D eigenvalue weighted by atomic mass is 9.98. The van der Waals surface area contributed by atoms with Crippen molar-refractivity contribution in [3.8, 4) is 22.6 Å². The molecule has 2 amide bonds. The number of nitrogens with zero attached hydrogens (tertiary/aromatic N) is 3. The molecule has 0 atom stereocenters. The number of rotatable bonds is 15. The normalized spacial score (nSPS) is 12.4. The molecular formula is C43H46N6O9S. The molecule has 15 nitrogen and oxygen atoms in total. The number of alkyl carbamates (subject to hydrolysis) is 2. The molecule has 2 heterocycles. The highest BCUT2D eigenvalue weighted by molar-refractivity contribution is 7.92. The van der Waals surface area contributed by atoms with Gasteiger partial charge in [0.15, 0.2) is 11.4 Å². The summed E-state index contributed by atoms with van der Waals surface area (Å²) in [6.45, 7) is 8.04. The van der Waals surface area contributed by atoms with Crippen LogP contribution in [0, 0.1) is 0 Å². The van der Waals surface area contributed by atoms with Crippen molar-refractivity contribution < 1.29 is 41.5 Å². The highest BCUT2D eigenvalue weighted by Crippen LogP contribution is 2.44. The maximum Gasteiger partial charge on any atom is 0.407 e. The van der Waals surface area contributed by atoms with E-state index in [0.29, 0.717) is 24.1 Å². The van der Waals surface area contributed by atoms with Crippen molar-refractivity contribution in [1.82, 2.24) is 25.6 Å². The first-order valence-corrected chi connectivity index (χ1v) is 20.6. The number of fused-ring (bicyclic) bond motifs is 4. The average Bonchev–Trinajstić information content (AvgIpc) is 3.92. The molecule has 0 unspecified atom stereocenters. The van der Waals surface area contributed by atoms with Gasteiger partial charge < -0.3 is 34.1 Å². The molecule has 1 aliphatic carbocycles. The molecule has 0 aliphatic heterocycles. The van der Waals surface area contributed by atoms with Gasteiger partial charge in [0, 0.05) is 24.2 Å². The van der Waals surface area contributed by atoms with Gasteiger partial charge in [-0.25, -0.2) is 18.0 Å². The first-order chi connectivity index (χ1) is 28.3. The number of carbonyl (C=O) groups is 2. The first kappa shape index (κ1) is 40.6. The summed E-state index contributed by atoms with van der Waals surface area (Å²) in [5.74, 6) is 0.269. The van der Waals surface area contributed by atoms with Crippen molar-refractivity contribution in [2.24, 2.45) is 0 Å². The summed E-state index contributed by atoms with van der Waals surface area (Å²) in [4.78, 5) is 24.7. The molecule has 0 fully saturated rings. The van der Waals surface area contributed by atoms with Gasteiger partial charge in [0.25, 0.3) is 10.0 Å². The largest absolute Gasteiger partial charge is 0.496 e. The lowest BCUT2D eigenvalue weighted by Crippen LogP contribution is -2.32. The summed E-state index contributed by atoms with van der Waals surface area (Å²) in [6, 6.07) is 24.6. The number of methoxy groups -OCH3 is 1. The molecule has 7 rings (SSSR count). The molecule has 2 aromatic heterocycles. The highest BCUT2D eigenvalue weighted by Gasteiger charge is 2.29. The Morgan fingerprint density at radius 2 is 1.61 bits per heavy atom. The van der Waals surface area contributed by atoms with Gasteiger partial charge in [-0.3, -0.25) is 9.40 Å². The zero-order valence-electron chi connectivity index (χ0n) is 33.4.